The maximum atomic E-state index is 13.7. The van der Waals surface area contributed by atoms with Crippen LogP contribution in [0.4, 0.5) is 4.39 Å². The molecule has 0 aliphatic rings. The Morgan fingerprint density at radius 2 is 2.24 bits per heavy atom. The first-order chi connectivity index (χ1) is 8.11. The highest BCUT2D eigenvalue weighted by molar-refractivity contribution is 7.09. The largest absolute Gasteiger partial charge is 0.497 e. The van der Waals surface area contributed by atoms with Crippen LogP contribution >= 0.6 is 11.3 Å². The zero-order chi connectivity index (χ0) is 12.4. The topological polar surface area (TPSA) is 39.2 Å². The molecule has 1 aromatic heterocycles. The molecule has 3 nitrogen and oxygen atoms in total. The molecular weight excluding hydrogens is 241 g/mol. The number of hydrogen-bond donors (Lipinski definition) is 0. The molecule has 0 fully saturated rings. The predicted octanol–water partition coefficient (Wildman–Crippen LogP) is 2.83. The van der Waals surface area contributed by atoms with Gasteiger partial charge in [0.05, 0.1) is 17.7 Å². The first-order valence-electron chi connectivity index (χ1n) is 4.92. The summed E-state index contributed by atoms with van der Waals surface area (Å²) in [5.41, 5.74) is 0.285. The lowest BCUT2D eigenvalue weighted by Gasteiger charge is -2.03. The molecule has 17 heavy (non-hydrogen) atoms. The summed E-state index contributed by atoms with van der Waals surface area (Å²) in [7, 11) is 1.44. The molecule has 0 atom stereocenters. The van der Waals surface area contributed by atoms with E-state index in [1.807, 2.05) is 0 Å². The third kappa shape index (κ3) is 2.34. The van der Waals surface area contributed by atoms with E-state index in [9.17, 15) is 9.18 Å². The highest BCUT2D eigenvalue weighted by Gasteiger charge is 2.16. The van der Waals surface area contributed by atoms with Crippen molar-refractivity contribution in [2.75, 3.05) is 7.11 Å². The monoisotopic (exact) mass is 251 g/mol. The van der Waals surface area contributed by atoms with Crippen LogP contribution in [-0.2, 0) is 0 Å². The number of ketones is 1. The van der Waals surface area contributed by atoms with Gasteiger partial charge in [-0.25, -0.2) is 9.37 Å². The van der Waals surface area contributed by atoms with Crippen LogP contribution in [0.5, 0.6) is 5.75 Å². The van der Waals surface area contributed by atoms with Gasteiger partial charge in [0.1, 0.15) is 17.3 Å². The molecule has 1 heterocycles. The van der Waals surface area contributed by atoms with Crippen molar-refractivity contribution in [1.82, 2.24) is 4.98 Å². The molecule has 0 aliphatic carbocycles. The second-order valence-corrected chi connectivity index (χ2v) is 4.49. The lowest BCUT2D eigenvalue weighted by Crippen LogP contribution is -2.05. The van der Waals surface area contributed by atoms with E-state index in [1.54, 1.807) is 18.4 Å². The van der Waals surface area contributed by atoms with Crippen molar-refractivity contribution in [3.63, 3.8) is 0 Å². The zero-order valence-corrected chi connectivity index (χ0v) is 10.2. The second kappa shape index (κ2) is 4.63. The van der Waals surface area contributed by atoms with Gasteiger partial charge in [0.25, 0.3) is 0 Å². The molecule has 0 aliphatic heterocycles. The Bertz CT molecular complexity index is 565. The maximum absolute atomic E-state index is 13.7. The standard InChI is InChI=1S/C12H10FNO2S/c1-7-14-11(6-17-7)12(15)9-4-3-8(16-2)5-10(9)13/h3-6H,1-2H3. The van der Waals surface area contributed by atoms with E-state index in [0.717, 1.165) is 5.01 Å². The second-order valence-electron chi connectivity index (χ2n) is 3.43. The number of benzene rings is 1. The molecule has 0 bridgehead atoms. The number of nitrogens with zero attached hydrogens (tertiary/aromatic N) is 1. The first-order valence-corrected chi connectivity index (χ1v) is 5.80. The van der Waals surface area contributed by atoms with Crippen molar-refractivity contribution in [3.05, 3.63) is 45.7 Å². The average molecular weight is 251 g/mol. The van der Waals surface area contributed by atoms with Gasteiger partial charge in [-0.2, -0.15) is 0 Å². The summed E-state index contributed by atoms with van der Waals surface area (Å²) in [4.78, 5) is 16.0. The minimum Gasteiger partial charge on any atom is -0.497 e. The summed E-state index contributed by atoms with van der Waals surface area (Å²) < 4.78 is 18.5. The summed E-state index contributed by atoms with van der Waals surface area (Å²) in [6, 6.07) is 4.15. The van der Waals surface area contributed by atoms with E-state index in [2.05, 4.69) is 4.98 Å². The van der Waals surface area contributed by atoms with Crippen molar-refractivity contribution in [1.29, 1.82) is 0 Å². The van der Waals surface area contributed by atoms with Gasteiger partial charge in [-0.05, 0) is 19.1 Å². The Hall–Kier alpha value is -1.75. The smallest absolute Gasteiger partial charge is 0.215 e. The van der Waals surface area contributed by atoms with Gasteiger partial charge in [-0.15, -0.1) is 11.3 Å². The van der Waals surface area contributed by atoms with Gasteiger partial charge in [0.2, 0.25) is 5.78 Å². The fourth-order valence-electron chi connectivity index (χ4n) is 1.41. The molecule has 0 unspecified atom stereocenters. The Balaban J connectivity index is 2.37. The molecule has 0 saturated heterocycles. The minimum absolute atomic E-state index is 0.0103. The average Bonchev–Trinajstić information content (AvgIpc) is 2.75. The highest BCUT2D eigenvalue weighted by atomic mass is 32.1. The number of methoxy groups -OCH3 is 1. The number of hydrogen-bond acceptors (Lipinski definition) is 4. The zero-order valence-electron chi connectivity index (χ0n) is 9.36. The van der Waals surface area contributed by atoms with Gasteiger partial charge >= 0.3 is 0 Å². The lowest BCUT2D eigenvalue weighted by atomic mass is 10.1. The molecule has 1 aromatic carbocycles. The number of thiazole rings is 1. The summed E-state index contributed by atoms with van der Waals surface area (Å²) in [6.45, 7) is 1.80. The van der Waals surface area contributed by atoms with Crippen LogP contribution in [0.2, 0.25) is 0 Å². The molecule has 0 amide bonds. The van der Waals surface area contributed by atoms with Crippen LogP contribution in [0.1, 0.15) is 21.1 Å². The van der Waals surface area contributed by atoms with Crippen molar-refractivity contribution in [2.45, 2.75) is 6.92 Å². The Morgan fingerprint density at radius 3 is 2.76 bits per heavy atom. The van der Waals surface area contributed by atoms with Crippen molar-refractivity contribution in [2.24, 2.45) is 0 Å². The fraction of sp³-hybridized carbons (Fsp3) is 0.167. The SMILES string of the molecule is COc1ccc(C(=O)c2csc(C)n2)c(F)c1. The predicted molar refractivity (Wildman–Crippen MR) is 63.2 cm³/mol. The summed E-state index contributed by atoms with van der Waals surface area (Å²) >= 11 is 1.36. The number of rotatable bonds is 3. The molecule has 2 rings (SSSR count). The number of aryl methyl sites for hydroxylation is 1. The molecule has 2 aromatic rings. The van der Waals surface area contributed by atoms with Gasteiger partial charge in [-0.3, -0.25) is 4.79 Å². The van der Waals surface area contributed by atoms with E-state index < -0.39 is 11.6 Å². The third-order valence-corrected chi connectivity index (χ3v) is 3.05. The van der Waals surface area contributed by atoms with Crippen LogP contribution in [0, 0.1) is 12.7 Å². The normalized spacial score (nSPS) is 10.3. The lowest BCUT2D eigenvalue weighted by molar-refractivity contribution is 0.103. The molecule has 0 saturated carbocycles. The van der Waals surface area contributed by atoms with Crippen LogP contribution < -0.4 is 4.74 Å². The van der Waals surface area contributed by atoms with Crippen LogP contribution in [0.3, 0.4) is 0 Å². The minimum atomic E-state index is -0.597. The van der Waals surface area contributed by atoms with Crippen LogP contribution in [0.15, 0.2) is 23.6 Å². The molecular formula is C12H10FNO2S. The van der Waals surface area contributed by atoms with E-state index in [0.29, 0.717) is 5.75 Å². The van der Waals surface area contributed by atoms with E-state index in [1.165, 1.54) is 30.6 Å². The van der Waals surface area contributed by atoms with Crippen LogP contribution in [-0.4, -0.2) is 17.9 Å². The number of ether oxygens (including phenoxy) is 1. The number of carbonyl (C=O) groups is 1. The molecule has 0 radical (unpaired) electrons. The first kappa shape index (κ1) is 11.7. The van der Waals surface area contributed by atoms with Gasteiger partial charge in [0, 0.05) is 11.4 Å². The maximum Gasteiger partial charge on any atom is 0.215 e. The van der Waals surface area contributed by atoms with Gasteiger partial charge < -0.3 is 4.74 Å². The molecule has 0 N–H and O–H groups in total. The highest BCUT2D eigenvalue weighted by Crippen LogP contribution is 2.20. The number of aromatic nitrogens is 1. The van der Waals surface area contributed by atoms with Crippen molar-refractivity contribution >= 4 is 17.1 Å². The summed E-state index contributed by atoms with van der Waals surface area (Å²) in [5.74, 6) is -0.622. The summed E-state index contributed by atoms with van der Waals surface area (Å²) in [5, 5.41) is 2.41. The number of halogens is 1. The van der Waals surface area contributed by atoms with E-state index in [-0.39, 0.29) is 11.3 Å². The Morgan fingerprint density at radius 1 is 1.47 bits per heavy atom. The third-order valence-electron chi connectivity index (χ3n) is 2.27. The van der Waals surface area contributed by atoms with Gasteiger partial charge in [0.15, 0.2) is 0 Å². The fourth-order valence-corrected chi connectivity index (χ4v) is 2.01. The van der Waals surface area contributed by atoms with Crippen LogP contribution in [0.25, 0.3) is 0 Å². The van der Waals surface area contributed by atoms with E-state index in [4.69, 9.17) is 4.74 Å². The van der Waals surface area contributed by atoms with Crippen molar-refractivity contribution < 1.29 is 13.9 Å². The molecule has 0 spiro atoms. The van der Waals surface area contributed by atoms with Gasteiger partial charge in [-0.1, -0.05) is 0 Å². The molecule has 5 heteroatoms. The quantitative estimate of drug-likeness (QED) is 0.787. The molecule has 88 valence electrons. The van der Waals surface area contributed by atoms with Crippen molar-refractivity contribution in [3.8, 4) is 5.75 Å². The van der Waals surface area contributed by atoms with E-state index >= 15 is 0 Å². The number of carbonyl (C=O) groups excluding carboxylic acids is 1. The summed E-state index contributed by atoms with van der Waals surface area (Å²) in [6.07, 6.45) is 0. The Labute approximate surface area is 102 Å². The Kier molecular flexibility index (Phi) is 3.19.